The van der Waals surface area contributed by atoms with Crippen LogP contribution in [0.1, 0.15) is 79.4 Å². The minimum atomic E-state index is -1.18. The number of nitrogens with zero attached hydrogens (tertiary/aromatic N) is 2. The molecule has 0 spiro atoms. The molecule has 0 aliphatic carbocycles. The minimum absolute atomic E-state index is 0.00375. The standard InChI is InChI=1S/C24H37N3O3/c1-9-16(3)27(17(4)10-2)20(28)15-26-21(29)24(8,25-22(26)30)19-13-11-18(12-14-19)23(5,6)7/h11-14,16-17H,9-10,15H2,1-8H3,(H,25,30)/t16-,17-,24+/m0/s1. The summed E-state index contributed by atoms with van der Waals surface area (Å²) in [5.41, 5.74) is 0.683. The molecule has 30 heavy (non-hydrogen) atoms. The van der Waals surface area contributed by atoms with E-state index in [0.29, 0.717) is 5.56 Å². The van der Waals surface area contributed by atoms with E-state index in [1.807, 2.05) is 52.0 Å². The maximum Gasteiger partial charge on any atom is 0.325 e. The third kappa shape index (κ3) is 4.52. The van der Waals surface area contributed by atoms with Gasteiger partial charge in [-0.25, -0.2) is 4.79 Å². The van der Waals surface area contributed by atoms with Crippen molar-refractivity contribution in [3.63, 3.8) is 0 Å². The van der Waals surface area contributed by atoms with Crippen LogP contribution in [0.15, 0.2) is 24.3 Å². The second kappa shape index (κ2) is 8.78. The third-order valence-electron chi connectivity index (χ3n) is 6.32. The van der Waals surface area contributed by atoms with E-state index in [4.69, 9.17) is 0 Å². The van der Waals surface area contributed by atoms with Crippen LogP contribution in [0.4, 0.5) is 4.79 Å². The van der Waals surface area contributed by atoms with Crippen LogP contribution < -0.4 is 5.32 Å². The Kier molecular flexibility index (Phi) is 7.00. The average Bonchev–Trinajstić information content (AvgIpc) is 2.91. The number of hydrogen-bond donors (Lipinski definition) is 1. The molecule has 0 saturated carbocycles. The van der Waals surface area contributed by atoms with Gasteiger partial charge in [0.15, 0.2) is 0 Å². The Balaban J connectivity index is 2.26. The Morgan fingerprint density at radius 2 is 1.57 bits per heavy atom. The molecule has 1 N–H and O–H groups in total. The Hall–Kier alpha value is -2.37. The van der Waals surface area contributed by atoms with Gasteiger partial charge in [0, 0.05) is 12.1 Å². The van der Waals surface area contributed by atoms with Crippen molar-refractivity contribution in [2.75, 3.05) is 6.54 Å². The lowest BCUT2D eigenvalue weighted by atomic mass is 9.84. The van der Waals surface area contributed by atoms with E-state index in [2.05, 4.69) is 26.1 Å². The first-order valence-electron chi connectivity index (χ1n) is 10.9. The van der Waals surface area contributed by atoms with Gasteiger partial charge in [-0.1, -0.05) is 58.9 Å². The molecule has 166 valence electrons. The highest BCUT2D eigenvalue weighted by atomic mass is 16.2. The second-order valence-electron chi connectivity index (χ2n) is 9.59. The van der Waals surface area contributed by atoms with Crippen LogP contribution in [0.2, 0.25) is 0 Å². The van der Waals surface area contributed by atoms with Crippen molar-refractivity contribution in [1.29, 1.82) is 0 Å². The lowest BCUT2D eigenvalue weighted by molar-refractivity contribution is -0.141. The largest absolute Gasteiger partial charge is 0.336 e. The highest BCUT2D eigenvalue weighted by Crippen LogP contribution is 2.31. The van der Waals surface area contributed by atoms with E-state index in [-0.39, 0.29) is 30.0 Å². The fraction of sp³-hybridized carbons (Fsp3) is 0.625. The van der Waals surface area contributed by atoms with E-state index in [1.54, 1.807) is 11.8 Å². The lowest BCUT2D eigenvalue weighted by Crippen LogP contribution is -2.50. The molecule has 0 aromatic heterocycles. The molecule has 3 atom stereocenters. The lowest BCUT2D eigenvalue weighted by Gasteiger charge is -2.35. The van der Waals surface area contributed by atoms with Gasteiger partial charge in [0.25, 0.3) is 5.91 Å². The van der Waals surface area contributed by atoms with Gasteiger partial charge in [0.1, 0.15) is 12.1 Å². The smallest absolute Gasteiger partial charge is 0.325 e. The molecule has 0 bridgehead atoms. The zero-order chi connectivity index (χ0) is 22.9. The molecule has 1 aromatic rings. The fourth-order valence-electron chi connectivity index (χ4n) is 3.88. The van der Waals surface area contributed by atoms with Gasteiger partial charge in [-0.3, -0.25) is 14.5 Å². The molecule has 1 aliphatic rings. The Morgan fingerprint density at radius 3 is 2.00 bits per heavy atom. The summed E-state index contributed by atoms with van der Waals surface area (Å²) in [6.07, 6.45) is 1.63. The third-order valence-corrected chi connectivity index (χ3v) is 6.32. The van der Waals surface area contributed by atoms with Gasteiger partial charge < -0.3 is 10.2 Å². The van der Waals surface area contributed by atoms with E-state index < -0.39 is 17.5 Å². The van der Waals surface area contributed by atoms with Crippen molar-refractivity contribution in [2.24, 2.45) is 0 Å². The van der Waals surface area contributed by atoms with Gasteiger partial charge in [-0.05, 0) is 50.2 Å². The van der Waals surface area contributed by atoms with Gasteiger partial charge in [0.05, 0.1) is 0 Å². The summed E-state index contributed by atoms with van der Waals surface area (Å²) in [5, 5.41) is 2.80. The van der Waals surface area contributed by atoms with Crippen LogP contribution in [0.25, 0.3) is 0 Å². The zero-order valence-corrected chi connectivity index (χ0v) is 19.7. The summed E-state index contributed by atoms with van der Waals surface area (Å²) in [6.45, 7) is 15.9. The SMILES string of the molecule is CC[C@H](C)N(C(=O)CN1C(=O)N[C@](C)(c2ccc(C(C)(C)C)cc2)C1=O)[C@@H](C)CC. The van der Waals surface area contributed by atoms with E-state index in [1.165, 1.54) is 0 Å². The van der Waals surface area contributed by atoms with Gasteiger partial charge in [0.2, 0.25) is 5.91 Å². The molecule has 0 radical (unpaired) electrons. The molecule has 1 fully saturated rings. The quantitative estimate of drug-likeness (QED) is 0.679. The molecule has 1 aliphatic heterocycles. The highest BCUT2D eigenvalue weighted by Gasteiger charge is 2.50. The first-order valence-corrected chi connectivity index (χ1v) is 10.9. The Labute approximate surface area is 181 Å². The van der Waals surface area contributed by atoms with Crippen LogP contribution in [-0.2, 0) is 20.5 Å². The number of nitrogens with one attached hydrogen (secondary N) is 1. The number of benzene rings is 1. The first-order chi connectivity index (χ1) is 13.9. The van der Waals surface area contributed by atoms with Crippen molar-refractivity contribution in [1.82, 2.24) is 15.1 Å². The highest BCUT2D eigenvalue weighted by molar-refractivity contribution is 6.09. The van der Waals surface area contributed by atoms with E-state index >= 15 is 0 Å². The summed E-state index contributed by atoms with van der Waals surface area (Å²) in [4.78, 5) is 41.8. The van der Waals surface area contributed by atoms with Crippen molar-refractivity contribution in [3.05, 3.63) is 35.4 Å². The molecule has 1 saturated heterocycles. The number of rotatable bonds is 7. The van der Waals surface area contributed by atoms with E-state index in [0.717, 1.165) is 23.3 Å². The number of imide groups is 1. The Morgan fingerprint density at radius 1 is 1.07 bits per heavy atom. The van der Waals surface area contributed by atoms with Crippen LogP contribution in [-0.4, -0.2) is 46.3 Å². The van der Waals surface area contributed by atoms with Crippen LogP contribution >= 0.6 is 0 Å². The molecular weight excluding hydrogens is 378 g/mol. The van der Waals surface area contributed by atoms with Crippen molar-refractivity contribution in [3.8, 4) is 0 Å². The fourth-order valence-corrected chi connectivity index (χ4v) is 3.88. The topological polar surface area (TPSA) is 69.7 Å². The Bertz CT molecular complexity index is 787. The van der Waals surface area contributed by atoms with Crippen LogP contribution in [0.3, 0.4) is 0 Å². The van der Waals surface area contributed by atoms with Gasteiger partial charge in [-0.2, -0.15) is 0 Å². The molecule has 2 rings (SSSR count). The maximum absolute atomic E-state index is 13.2. The first kappa shape index (κ1) is 23.9. The van der Waals surface area contributed by atoms with Crippen LogP contribution in [0.5, 0.6) is 0 Å². The normalized spacial score (nSPS) is 21.4. The monoisotopic (exact) mass is 415 g/mol. The van der Waals surface area contributed by atoms with Crippen molar-refractivity contribution < 1.29 is 14.4 Å². The summed E-state index contributed by atoms with van der Waals surface area (Å²) < 4.78 is 0. The summed E-state index contributed by atoms with van der Waals surface area (Å²) in [7, 11) is 0. The van der Waals surface area contributed by atoms with Crippen LogP contribution in [0, 0.1) is 0 Å². The number of urea groups is 1. The molecule has 6 heteroatoms. The average molecular weight is 416 g/mol. The van der Waals surface area contributed by atoms with Crippen molar-refractivity contribution >= 4 is 17.8 Å². The predicted molar refractivity (Wildman–Crippen MR) is 119 cm³/mol. The predicted octanol–water partition coefficient (Wildman–Crippen LogP) is 4.18. The number of carbonyl (C=O) groups is 3. The maximum atomic E-state index is 13.2. The summed E-state index contributed by atoms with van der Waals surface area (Å²) in [6, 6.07) is 7.31. The van der Waals surface area contributed by atoms with Gasteiger partial charge >= 0.3 is 6.03 Å². The second-order valence-corrected chi connectivity index (χ2v) is 9.59. The zero-order valence-electron chi connectivity index (χ0n) is 19.7. The molecule has 1 aromatic carbocycles. The molecule has 6 nitrogen and oxygen atoms in total. The van der Waals surface area contributed by atoms with Crippen molar-refractivity contribution in [2.45, 2.75) is 91.3 Å². The molecular formula is C24H37N3O3. The molecule has 1 heterocycles. The number of hydrogen-bond acceptors (Lipinski definition) is 3. The minimum Gasteiger partial charge on any atom is -0.336 e. The van der Waals surface area contributed by atoms with E-state index in [9.17, 15) is 14.4 Å². The summed E-state index contributed by atoms with van der Waals surface area (Å²) >= 11 is 0. The number of carbonyl (C=O) groups excluding carboxylic acids is 3. The van der Waals surface area contributed by atoms with Gasteiger partial charge in [-0.15, -0.1) is 0 Å². The molecule has 4 amide bonds. The summed E-state index contributed by atoms with van der Waals surface area (Å²) in [5.74, 6) is -0.591. The number of amides is 4. The molecule has 0 unspecified atom stereocenters.